The Morgan fingerprint density at radius 3 is 2.38 bits per heavy atom. The average molecular weight is 395 g/mol. The highest BCUT2D eigenvalue weighted by molar-refractivity contribution is 6.31. The molecule has 0 aliphatic carbocycles. The number of hydrogen-bond donors (Lipinski definition) is 2. The van der Waals surface area contributed by atoms with Crippen LogP contribution < -0.4 is 15.4 Å². The van der Waals surface area contributed by atoms with Gasteiger partial charge in [0, 0.05) is 23.1 Å². The largest absolute Gasteiger partial charge is 0.494 e. The van der Waals surface area contributed by atoms with Gasteiger partial charge < -0.3 is 15.4 Å². The second-order valence-electron chi connectivity index (χ2n) is 5.92. The third kappa shape index (κ3) is 7.98. The number of ether oxygens (including phenoxy) is 1. The second-order valence-corrected chi connectivity index (χ2v) is 6.76. The van der Waals surface area contributed by atoms with Crippen LogP contribution in [-0.2, 0) is 6.54 Å². The smallest absolute Gasteiger partial charge is 0.315 e. The number of nitrogens with one attached hydrogen (secondary N) is 2. The van der Waals surface area contributed by atoms with Crippen molar-refractivity contribution in [2.24, 2.45) is 0 Å². The molecule has 2 amide bonds. The molecule has 0 heterocycles. The summed E-state index contributed by atoms with van der Waals surface area (Å²) in [5.41, 5.74) is 0.907. The highest BCUT2D eigenvalue weighted by Crippen LogP contribution is 2.16. The first-order valence-electron chi connectivity index (χ1n) is 8.78. The van der Waals surface area contributed by atoms with Crippen molar-refractivity contribution in [1.82, 2.24) is 10.6 Å². The van der Waals surface area contributed by atoms with E-state index in [1.807, 2.05) is 48.5 Å². The minimum Gasteiger partial charge on any atom is -0.494 e. The predicted molar refractivity (Wildman–Crippen MR) is 107 cm³/mol. The molecule has 4 nitrogen and oxygen atoms in total. The van der Waals surface area contributed by atoms with Gasteiger partial charge in [-0.25, -0.2) is 4.79 Å². The maximum atomic E-state index is 11.7. The third-order valence-corrected chi connectivity index (χ3v) is 4.46. The molecular formula is C20H24Cl2N2O2. The van der Waals surface area contributed by atoms with E-state index in [0.717, 1.165) is 37.0 Å². The molecule has 0 aliphatic heterocycles. The summed E-state index contributed by atoms with van der Waals surface area (Å²) in [6.07, 6.45) is 4.05. The molecule has 0 aliphatic rings. The number of unbranched alkanes of at least 4 members (excludes halogenated alkanes) is 3. The van der Waals surface area contributed by atoms with Crippen LogP contribution in [0.5, 0.6) is 5.75 Å². The molecule has 0 unspecified atom stereocenters. The molecule has 0 bridgehead atoms. The van der Waals surface area contributed by atoms with E-state index < -0.39 is 0 Å². The van der Waals surface area contributed by atoms with Crippen LogP contribution >= 0.6 is 23.2 Å². The lowest BCUT2D eigenvalue weighted by molar-refractivity contribution is 0.240. The van der Waals surface area contributed by atoms with Crippen molar-refractivity contribution in [1.29, 1.82) is 0 Å². The first kappa shape index (κ1) is 20.4. The van der Waals surface area contributed by atoms with Crippen LogP contribution in [0.3, 0.4) is 0 Å². The molecule has 2 aromatic carbocycles. The Morgan fingerprint density at radius 1 is 0.885 bits per heavy atom. The Kier molecular flexibility index (Phi) is 9.15. The van der Waals surface area contributed by atoms with Crippen molar-refractivity contribution in [3.8, 4) is 5.75 Å². The van der Waals surface area contributed by atoms with Gasteiger partial charge in [0.05, 0.1) is 6.61 Å². The first-order valence-corrected chi connectivity index (χ1v) is 9.54. The van der Waals surface area contributed by atoms with E-state index in [1.165, 1.54) is 0 Å². The van der Waals surface area contributed by atoms with Crippen LogP contribution in [0.2, 0.25) is 10.0 Å². The zero-order valence-corrected chi connectivity index (χ0v) is 16.2. The molecule has 2 N–H and O–H groups in total. The van der Waals surface area contributed by atoms with E-state index >= 15 is 0 Å². The van der Waals surface area contributed by atoms with Gasteiger partial charge in [0.15, 0.2) is 0 Å². The van der Waals surface area contributed by atoms with Crippen molar-refractivity contribution in [3.63, 3.8) is 0 Å². The Balaban J connectivity index is 1.45. The van der Waals surface area contributed by atoms with Crippen LogP contribution in [0.1, 0.15) is 31.2 Å². The summed E-state index contributed by atoms with van der Waals surface area (Å²) >= 11 is 11.9. The summed E-state index contributed by atoms with van der Waals surface area (Å²) in [4.78, 5) is 11.7. The van der Waals surface area contributed by atoms with Crippen molar-refractivity contribution >= 4 is 29.2 Å². The third-order valence-electron chi connectivity index (χ3n) is 3.84. The summed E-state index contributed by atoms with van der Waals surface area (Å²) in [6.45, 7) is 1.77. The quantitative estimate of drug-likeness (QED) is 0.527. The maximum absolute atomic E-state index is 11.7. The molecule has 0 saturated carbocycles. The van der Waals surface area contributed by atoms with Gasteiger partial charge in [0.2, 0.25) is 0 Å². The molecular weight excluding hydrogens is 371 g/mol. The molecule has 0 saturated heterocycles. The highest BCUT2D eigenvalue weighted by Gasteiger charge is 2.02. The van der Waals surface area contributed by atoms with E-state index in [4.69, 9.17) is 27.9 Å². The molecule has 6 heteroatoms. The summed E-state index contributed by atoms with van der Waals surface area (Å²) < 4.78 is 5.64. The molecule has 0 radical (unpaired) electrons. The van der Waals surface area contributed by atoms with Crippen LogP contribution in [0, 0.1) is 0 Å². The van der Waals surface area contributed by atoms with Gasteiger partial charge in [-0.2, -0.15) is 0 Å². The minimum atomic E-state index is -0.170. The normalized spacial score (nSPS) is 10.4. The van der Waals surface area contributed by atoms with Gasteiger partial charge >= 0.3 is 6.03 Å². The number of halogens is 2. The molecule has 2 aromatic rings. The Labute approximate surface area is 164 Å². The Morgan fingerprint density at radius 2 is 1.62 bits per heavy atom. The highest BCUT2D eigenvalue weighted by atomic mass is 35.5. The number of benzene rings is 2. The van der Waals surface area contributed by atoms with Gasteiger partial charge in [-0.15, -0.1) is 0 Å². The Bertz CT molecular complexity index is 678. The summed E-state index contributed by atoms with van der Waals surface area (Å²) in [6, 6.07) is 14.7. The fourth-order valence-corrected chi connectivity index (χ4v) is 2.71. The number of carbonyl (C=O) groups excluding carboxylic acids is 1. The molecule has 140 valence electrons. The zero-order valence-electron chi connectivity index (χ0n) is 14.6. The first-order chi connectivity index (χ1) is 12.6. The Hall–Kier alpha value is -1.91. The van der Waals surface area contributed by atoms with Gasteiger partial charge in [-0.05, 0) is 48.7 Å². The number of amides is 2. The van der Waals surface area contributed by atoms with Gasteiger partial charge in [-0.3, -0.25) is 0 Å². The number of hydrogen-bond acceptors (Lipinski definition) is 2. The lowest BCUT2D eigenvalue weighted by Gasteiger charge is -2.09. The molecule has 0 fully saturated rings. The monoisotopic (exact) mass is 394 g/mol. The van der Waals surface area contributed by atoms with E-state index in [1.54, 1.807) is 0 Å². The summed E-state index contributed by atoms with van der Waals surface area (Å²) in [7, 11) is 0. The zero-order chi connectivity index (χ0) is 18.6. The van der Waals surface area contributed by atoms with Crippen molar-refractivity contribution in [3.05, 3.63) is 64.1 Å². The average Bonchev–Trinajstić information content (AvgIpc) is 2.64. The van der Waals surface area contributed by atoms with Gasteiger partial charge in [0.25, 0.3) is 0 Å². The van der Waals surface area contributed by atoms with E-state index in [-0.39, 0.29) is 6.03 Å². The summed E-state index contributed by atoms with van der Waals surface area (Å²) in [5.74, 6) is 0.839. The number of urea groups is 1. The van der Waals surface area contributed by atoms with Crippen LogP contribution in [0.25, 0.3) is 0 Å². The van der Waals surface area contributed by atoms with E-state index in [2.05, 4.69) is 10.6 Å². The molecule has 0 atom stereocenters. The second kappa shape index (κ2) is 11.7. The maximum Gasteiger partial charge on any atom is 0.315 e. The molecule has 0 aromatic heterocycles. The number of carbonyl (C=O) groups is 1. The van der Waals surface area contributed by atoms with Crippen molar-refractivity contribution in [2.45, 2.75) is 32.2 Å². The van der Waals surface area contributed by atoms with Gasteiger partial charge in [-0.1, -0.05) is 54.2 Å². The predicted octanol–water partition coefficient (Wildman–Crippen LogP) is 5.43. The molecule has 26 heavy (non-hydrogen) atoms. The summed E-state index contributed by atoms with van der Waals surface area (Å²) in [5, 5.41) is 7.04. The standard InChI is InChI=1S/C20H24Cl2N2O2/c21-17-9-11-18(12-10-17)26-14-6-2-1-5-13-23-20(25)24-15-16-7-3-4-8-19(16)22/h3-4,7-12H,1-2,5-6,13-15H2,(H2,23,24,25). The van der Waals surface area contributed by atoms with Crippen LogP contribution in [-0.4, -0.2) is 19.2 Å². The van der Waals surface area contributed by atoms with Crippen molar-refractivity contribution in [2.75, 3.05) is 13.2 Å². The molecule has 2 rings (SSSR count). The van der Waals surface area contributed by atoms with Crippen molar-refractivity contribution < 1.29 is 9.53 Å². The van der Waals surface area contributed by atoms with Crippen LogP contribution in [0.4, 0.5) is 4.79 Å². The van der Waals surface area contributed by atoms with E-state index in [9.17, 15) is 4.79 Å². The van der Waals surface area contributed by atoms with Crippen LogP contribution in [0.15, 0.2) is 48.5 Å². The van der Waals surface area contributed by atoms with Gasteiger partial charge in [0.1, 0.15) is 5.75 Å². The fourth-order valence-electron chi connectivity index (χ4n) is 2.38. The topological polar surface area (TPSA) is 50.4 Å². The SMILES string of the molecule is O=C(NCCCCCCOc1ccc(Cl)cc1)NCc1ccccc1Cl. The number of rotatable bonds is 10. The lowest BCUT2D eigenvalue weighted by Crippen LogP contribution is -2.35. The lowest BCUT2D eigenvalue weighted by atomic mass is 10.2. The molecule has 0 spiro atoms. The van der Waals surface area contributed by atoms with E-state index in [0.29, 0.717) is 29.7 Å². The fraction of sp³-hybridized carbons (Fsp3) is 0.350. The minimum absolute atomic E-state index is 0.170.